The summed E-state index contributed by atoms with van der Waals surface area (Å²) in [6.45, 7) is 5.40. The van der Waals surface area contributed by atoms with E-state index in [-0.39, 0.29) is 11.9 Å². The molecule has 0 saturated carbocycles. The Labute approximate surface area is 112 Å². The topological polar surface area (TPSA) is 84.0 Å². The Morgan fingerprint density at radius 3 is 3.26 bits per heavy atom. The molecule has 0 bridgehead atoms. The van der Waals surface area contributed by atoms with Crippen molar-refractivity contribution in [3.8, 4) is 0 Å². The van der Waals surface area contributed by atoms with Gasteiger partial charge >= 0.3 is 0 Å². The normalized spacial score (nSPS) is 21.5. The van der Waals surface area contributed by atoms with Crippen molar-refractivity contribution in [2.45, 2.75) is 26.0 Å². The molecular formula is C13H20N4O2. The Kier molecular flexibility index (Phi) is 4.70. The molecule has 1 aliphatic heterocycles. The standard InChI is InChI=1S/C13H20N4O2/c1-2-11-9-17(6-7-19-11)8-10-4-3-5-15-12(10)13(14)16-18/h3-5,11,18H,2,6-9H2,1H3,(H2,14,16). The van der Waals surface area contributed by atoms with Gasteiger partial charge in [-0.25, -0.2) is 0 Å². The second kappa shape index (κ2) is 6.49. The largest absolute Gasteiger partial charge is 0.409 e. The number of ether oxygens (including phenoxy) is 1. The van der Waals surface area contributed by atoms with Gasteiger partial charge in [0.2, 0.25) is 0 Å². The van der Waals surface area contributed by atoms with Crippen molar-refractivity contribution in [2.24, 2.45) is 10.9 Å². The molecule has 6 heteroatoms. The maximum absolute atomic E-state index is 8.79. The third-order valence-corrected chi connectivity index (χ3v) is 3.31. The van der Waals surface area contributed by atoms with E-state index in [4.69, 9.17) is 15.7 Å². The molecule has 0 aromatic carbocycles. The van der Waals surface area contributed by atoms with Crippen LogP contribution in [0.1, 0.15) is 24.6 Å². The van der Waals surface area contributed by atoms with Crippen molar-refractivity contribution in [1.82, 2.24) is 9.88 Å². The molecule has 0 aliphatic carbocycles. The van der Waals surface area contributed by atoms with Crippen LogP contribution in [0.3, 0.4) is 0 Å². The molecule has 6 nitrogen and oxygen atoms in total. The lowest BCUT2D eigenvalue weighted by molar-refractivity contribution is -0.0325. The molecule has 19 heavy (non-hydrogen) atoms. The van der Waals surface area contributed by atoms with Crippen molar-refractivity contribution >= 4 is 5.84 Å². The summed E-state index contributed by atoms with van der Waals surface area (Å²) in [6.07, 6.45) is 2.94. The van der Waals surface area contributed by atoms with Crippen LogP contribution in [-0.4, -0.2) is 46.7 Å². The van der Waals surface area contributed by atoms with Crippen LogP contribution < -0.4 is 5.73 Å². The first kappa shape index (κ1) is 13.8. The van der Waals surface area contributed by atoms with Crippen LogP contribution in [0.5, 0.6) is 0 Å². The Morgan fingerprint density at radius 2 is 2.53 bits per heavy atom. The number of hydrogen-bond acceptors (Lipinski definition) is 5. The van der Waals surface area contributed by atoms with E-state index in [1.165, 1.54) is 0 Å². The molecule has 1 aromatic rings. The molecule has 2 heterocycles. The highest BCUT2D eigenvalue weighted by Crippen LogP contribution is 2.14. The lowest BCUT2D eigenvalue weighted by Gasteiger charge is -2.32. The number of amidine groups is 1. The Bertz CT molecular complexity index is 450. The highest BCUT2D eigenvalue weighted by atomic mass is 16.5. The number of aromatic nitrogens is 1. The number of oxime groups is 1. The lowest BCUT2D eigenvalue weighted by Crippen LogP contribution is -2.41. The van der Waals surface area contributed by atoms with Gasteiger partial charge in [0.1, 0.15) is 5.69 Å². The van der Waals surface area contributed by atoms with Gasteiger partial charge in [-0.15, -0.1) is 0 Å². The number of nitrogens with zero attached hydrogens (tertiary/aromatic N) is 3. The summed E-state index contributed by atoms with van der Waals surface area (Å²) in [6, 6.07) is 3.82. The molecule has 1 fully saturated rings. The van der Waals surface area contributed by atoms with Gasteiger partial charge in [-0.05, 0) is 18.1 Å². The average Bonchev–Trinajstić information content (AvgIpc) is 2.47. The van der Waals surface area contributed by atoms with E-state index in [1.807, 2.05) is 12.1 Å². The van der Waals surface area contributed by atoms with Crippen molar-refractivity contribution in [3.05, 3.63) is 29.6 Å². The zero-order chi connectivity index (χ0) is 13.7. The summed E-state index contributed by atoms with van der Waals surface area (Å²) in [5.74, 6) is 0.0518. The molecular weight excluding hydrogens is 244 g/mol. The molecule has 0 spiro atoms. The molecule has 1 aromatic heterocycles. The fourth-order valence-electron chi connectivity index (χ4n) is 2.26. The first-order valence-corrected chi connectivity index (χ1v) is 6.50. The third-order valence-electron chi connectivity index (χ3n) is 3.31. The predicted octanol–water partition coefficient (Wildman–Crippen LogP) is 0.787. The van der Waals surface area contributed by atoms with Gasteiger partial charge in [0, 0.05) is 25.8 Å². The van der Waals surface area contributed by atoms with Gasteiger partial charge in [0.05, 0.1) is 12.7 Å². The quantitative estimate of drug-likeness (QED) is 0.363. The van der Waals surface area contributed by atoms with Crippen LogP contribution in [0.4, 0.5) is 0 Å². The monoisotopic (exact) mass is 264 g/mol. The molecule has 104 valence electrons. The smallest absolute Gasteiger partial charge is 0.189 e. The Balaban J connectivity index is 2.10. The van der Waals surface area contributed by atoms with E-state index in [0.29, 0.717) is 5.69 Å². The first-order chi connectivity index (χ1) is 9.24. The fourth-order valence-corrected chi connectivity index (χ4v) is 2.26. The van der Waals surface area contributed by atoms with E-state index in [0.717, 1.165) is 38.2 Å². The zero-order valence-electron chi connectivity index (χ0n) is 11.1. The summed E-state index contributed by atoms with van der Waals surface area (Å²) in [5.41, 5.74) is 7.16. The minimum absolute atomic E-state index is 0.0518. The van der Waals surface area contributed by atoms with Gasteiger partial charge in [0.15, 0.2) is 5.84 Å². The van der Waals surface area contributed by atoms with Crippen LogP contribution in [0.25, 0.3) is 0 Å². The molecule has 0 amide bonds. The molecule has 1 saturated heterocycles. The number of pyridine rings is 1. The Morgan fingerprint density at radius 1 is 1.68 bits per heavy atom. The van der Waals surface area contributed by atoms with Crippen LogP contribution in [0.15, 0.2) is 23.5 Å². The number of hydrogen-bond donors (Lipinski definition) is 2. The average molecular weight is 264 g/mol. The van der Waals surface area contributed by atoms with Gasteiger partial charge in [-0.1, -0.05) is 18.1 Å². The van der Waals surface area contributed by atoms with E-state index in [2.05, 4.69) is 22.0 Å². The van der Waals surface area contributed by atoms with E-state index in [1.54, 1.807) is 6.20 Å². The number of rotatable bonds is 4. The first-order valence-electron chi connectivity index (χ1n) is 6.50. The van der Waals surface area contributed by atoms with Gasteiger partial charge in [-0.2, -0.15) is 0 Å². The molecule has 1 aliphatic rings. The van der Waals surface area contributed by atoms with Crippen LogP contribution in [-0.2, 0) is 11.3 Å². The van der Waals surface area contributed by atoms with Gasteiger partial charge < -0.3 is 15.7 Å². The van der Waals surface area contributed by atoms with Gasteiger partial charge in [0.25, 0.3) is 0 Å². The van der Waals surface area contributed by atoms with Crippen LogP contribution in [0.2, 0.25) is 0 Å². The Hall–Kier alpha value is -1.66. The molecule has 2 rings (SSSR count). The summed E-state index contributed by atoms with van der Waals surface area (Å²) < 4.78 is 5.65. The van der Waals surface area contributed by atoms with Gasteiger partial charge in [-0.3, -0.25) is 9.88 Å². The van der Waals surface area contributed by atoms with Crippen molar-refractivity contribution in [3.63, 3.8) is 0 Å². The highest BCUT2D eigenvalue weighted by Gasteiger charge is 2.20. The summed E-state index contributed by atoms with van der Waals surface area (Å²) >= 11 is 0. The number of morpholine rings is 1. The molecule has 1 atom stereocenters. The second-order valence-corrected chi connectivity index (χ2v) is 4.63. The number of nitrogens with two attached hydrogens (primary N) is 1. The third kappa shape index (κ3) is 3.42. The SMILES string of the molecule is CCC1CN(Cc2cccnc2C(N)=NO)CCO1. The summed E-state index contributed by atoms with van der Waals surface area (Å²) in [7, 11) is 0. The second-order valence-electron chi connectivity index (χ2n) is 4.63. The van der Waals surface area contributed by atoms with E-state index < -0.39 is 0 Å². The minimum Gasteiger partial charge on any atom is -0.409 e. The summed E-state index contributed by atoms with van der Waals surface area (Å²) in [5, 5.41) is 11.8. The molecule has 3 N–H and O–H groups in total. The lowest BCUT2D eigenvalue weighted by atomic mass is 10.1. The van der Waals surface area contributed by atoms with Crippen molar-refractivity contribution < 1.29 is 9.94 Å². The molecule has 0 radical (unpaired) electrons. The maximum atomic E-state index is 8.79. The summed E-state index contributed by atoms with van der Waals surface area (Å²) in [4.78, 5) is 6.49. The minimum atomic E-state index is 0.0518. The van der Waals surface area contributed by atoms with E-state index >= 15 is 0 Å². The fraction of sp³-hybridized carbons (Fsp3) is 0.538. The predicted molar refractivity (Wildman–Crippen MR) is 72.1 cm³/mol. The highest BCUT2D eigenvalue weighted by molar-refractivity contribution is 5.96. The molecule has 1 unspecified atom stereocenters. The maximum Gasteiger partial charge on any atom is 0.189 e. The van der Waals surface area contributed by atoms with Crippen molar-refractivity contribution in [1.29, 1.82) is 0 Å². The van der Waals surface area contributed by atoms with Crippen LogP contribution >= 0.6 is 0 Å². The zero-order valence-corrected chi connectivity index (χ0v) is 11.1. The van der Waals surface area contributed by atoms with Crippen LogP contribution in [0, 0.1) is 0 Å². The van der Waals surface area contributed by atoms with E-state index in [9.17, 15) is 0 Å². The van der Waals surface area contributed by atoms with Crippen molar-refractivity contribution in [2.75, 3.05) is 19.7 Å².